The van der Waals surface area contributed by atoms with Crippen LogP contribution in [0.5, 0.6) is 0 Å². The lowest BCUT2D eigenvalue weighted by Gasteiger charge is -2.04. The first-order valence-corrected chi connectivity index (χ1v) is 5.60. The van der Waals surface area contributed by atoms with Crippen LogP contribution in [0.15, 0.2) is 34.2 Å². The molecule has 0 aliphatic heterocycles. The normalized spacial score (nSPS) is 10.5. The number of hydrogen-bond donors (Lipinski definition) is 1. The maximum atomic E-state index is 13.4. The summed E-state index contributed by atoms with van der Waals surface area (Å²) in [5.74, 6) is -0.194. The molecule has 0 aliphatic carbocycles. The highest BCUT2D eigenvalue weighted by Gasteiger charge is 2.08. The van der Waals surface area contributed by atoms with Crippen molar-refractivity contribution in [3.05, 3.63) is 41.7 Å². The molecule has 6 heteroatoms. The molecule has 0 saturated carbocycles. The Bertz CT molecular complexity index is 540. The van der Waals surface area contributed by atoms with Crippen LogP contribution < -0.4 is 5.73 Å². The van der Waals surface area contributed by atoms with Gasteiger partial charge in [-0.15, -0.1) is 0 Å². The highest BCUT2D eigenvalue weighted by Crippen LogP contribution is 2.29. The lowest BCUT2D eigenvalue weighted by Crippen LogP contribution is -1.96. The van der Waals surface area contributed by atoms with Crippen LogP contribution in [0.4, 0.5) is 14.6 Å². The maximum absolute atomic E-state index is 13.4. The van der Waals surface area contributed by atoms with E-state index in [0.29, 0.717) is 16.7 Å². The predicted molar refractivity (Wildman–Crippen MR) is 61.7 cm³/mol. The predicted octanol–water partition coefficient (Wildman–Crippen LogP) is 2.80. The molecule has 88 valence electrons. The molecular formula is C11H9F2N3S. The second-order valence-corrected chi connectivity index (χ2v) is 4.42. The van der Waals surface area contributed by atoms with Gasteiger partial charge in [-0.2, -0.15) is 0 Å². The van der Waals surface area contributed by atoms with Crippen molar-refractivity contribution in [1.82, 2.24) is 9.97 Å². The molecule has 0 fully saturated rings. The van der Waals surface area contributed by atoms with Crippen molar-refractivity contribution in [3.8, 4) is 0 Å². The van der Waals surface area contributed by atoms with Crippen molar-refractivity contribution < 1.29 is 8.78 Å². The number of anilines is 1. The summed E-state index contributed by atoms with van der Waals surface area (Å²) in [7, 11) is 0. The zero-order chi connectivity index (χ0) is 12.4. The first-order chi connectivity index (χ1) is 8.04. The number of hydrogen-bond acceptors (Lipinski definition) is 4. The number of nitrogen functional groups attached to an aromatic ring is 1. The Morgan fingerprint density at radius 1 is 1.18 bits per heavy atom. The summed E-state index contributed by atoms with van der Waals surface area (Å²) in [6.45, 7) is 1.68. The average molecular weight is 253 g/mol. The van der Waals surface area contributed by atoms with Gasteiger partial charge >= 0.3 is 0 Å². The molecule has 0 unspecified atom stereocenters. The van der Waals surface area contributed by atoms with Crippen LogP contribution in [0.2, 0.25) is 0 Å². The van der Waals surface area contributed by atoms with Crippen LogP contribution in [0.25, 0.3) is 0 Å². The van der Waals surface area contributed by atoms with Crippen molar-refractivity contribution in [2.45, 2.75) is 16.8 Å². The van der Waals surface area contributed by atoms with Crippen molar-refractivity contribution in [2.24, 2.45) is 0 Å². The Labute approximate surface area is 101 Å². The summed E-state index contributed by atoms with van der Waals surface area (Å²) in [4.78, 5) is 8.15. The van der Waals surface area contributed by atoms with E-state index in [0.717, 1.165) is 30.0 Å². The number of aryl methyl sites for hydroxylation is 1. The number of benzene rings is 1. The fourth-order valence-electron chi connectivity index (χ4n) is 1.28. The largest absolute Gasteiger partial charge is 0.384 e. The Morgan fingerprint density at radius 3 is 2.65 bits per heavy atom. The van der Waals surface area contributed by atoms with Crippen molar-refractivity contribution in [2.75, 3.05) is 5.73 Å². The summed E-state index contributed by atoms with van der Waals surface area (Å²) >= 11 is 1.01. The van der Waals surface area contributed by atoms with E-state index in [1.165, 1.54) is 6.07 Å². The van der Waals surface area contributed by atoms with Crippen molar-refractivity contribution in [3.63, 3.8) is 0 Å². The molecule has 0 aliphatic rings. The highest BCUT2D eigenvalue weighted by atomic mass is 32.2. The van der Waals surface area contributed by atoms with Gasteiger partial charge in [0, 0.05) is 6.07 Å². The minimum Gasteiger partial charge on any atom is -0.384 e. The van der Waals surface area contributed by atoms with Gasteiger partial charge in [-0.05, 0) is 25.1 Å². The lowest BCUT2D eigenvalue weighted by atomic mass is 10.3. The van der Waals surface area contributed by atoms with Crippen molar-refractivity contribution >= 4 is 17.6 Å². The van der Waals surface area contributed by atoms with E-state index >= 15 is 0 Å². The van der Waals surface area contributed by atoms with Gasteiger partial charge in [-0.3, -0.25) is 0 Å². The van der Waals surface area contributed by atoms with Gasteiger partial charge in [0.2, 0.25) is 0 Å². The molecule has 17 heavy (non-hydrogen) atoms. The number of aromatic nitrogens is 2. The highest BCUT2D eigenvalue weighted by molar-refractivity contribution is 7.99. The summed E-state index contributed by atoms with van der Waals surface area (Å²) in [5.41, 5.74) is 5.55. The monoisotopic (exact) mass is 253 g/mol. The van der Waals surface area contributed by atoms with Gasteiger partial charge in [-0.25, -0.2) is 18.7 Å². The number of nitrogens with two attached hydrogens (primary N) is 1. The molecule has 3 nitrogen and oxygen atoms in total. The van der Waals surface area contributed by atoms with E-state index in [9.17, 15) is 8.78 Å². The molecule has 0 spiro atoms. The SMILES string of the molecule is Cc1nc(N)cc(Sc2cc(F)ccc2F)n1. The zero-order valence-electron chi connectivity index (χ0n) is 8.95. The molecule has 2 rings (SSSR count). The smallest absolute Gasteiger partial charge is 0.137 e. The molecule has 2 aromatic rings. The van der Waals surface area contributed by atoms with Crippen LogP contribution >= 0.6 is 11.8 Å². The number of halogens is 2. The van der Waals surface area contributed by atoms with Crippen LogP contribution in [0.3, 0.4) is 0 Å². The molecule has 0 radical (unpaired) electrons. The Kier molecular flexibility index (Phi) is 3.23. The van der Waals surface area contributed by atoms with Gasteiger partial charge < -0.3 is 5.73 Å². The second kappa shape index (κ2) is 4.67. The second-order valence-electron chi connectivity index (χ2n) is 3.36. The third-order valence-electron chi connectivity index (χ3n) is 1.94. The Hall–Kier alpha value is -1.69. The molecule has 0 bridgehead atoms. The van der Waals surface area contributed by atoms with E-state index < -0.39 is 11.6 Å². The van der Waals surface area contributed by atoms with Crippen LogP contribution in [-0.4, -0.2) is 9.97 Å². The molecule has 1 aromatic heterocycles. The van der Waals surface area contributed by atoms with E-state index in [4.69, 9.17) is 5.73 Å². The summed E-state index contributed by atoms with van der Waals surface area (Å²) in [6.07, 6.45) is 0. The number of rotatable bonds is 2. The van der Waals surface area contributed by atoms with Gasteiger partial charge in [-0.1, -0.05) is 11.8 Å². The summed E-state index contributed by atoms with van der Waals surface area (Å²) in [5, 5.41) is 0.486. The number of nitrogens with zero attached hydrogens (tertiary/aromatic N) is 2. The van der Waals surface area contributed by atoms with E-state index in [1.807, 2.05) is 0 Å². The minimum absolute atomic E-state index is 0.169. The topological polar surface area (TPSA) is 51.8 Å². The van der Waals surface area contributed by atoms with Gasteiger partial charge in [0.15, 0.2) is 0 Å². The van der Waals surface area contributed by atoms with E-state index in [2.05, 4.69) is 9.97 Å². The first-order valence-electron chi connectivity index (χ1n) is 4.78. The maximum Gasteiger partial charge on any atom is 0.137 e. The van der Waals surface area contributed by atoms with Gasteiger partial charge in [0.05, 0.1) is 4.90 Å². The molecule has 0 amide bonds. The van der Waals surface area contributed by atoms with E-state index in [1.54, 1.807) is 6.92 Å². The minimum atomic E-state index is -0.494. The first kappa shape index (κ1) is 11.8. The lowest BCUT2D eigenvalue weighted by molar-refractivity contribution is 0.577. The fraction of sp³-hybridized carbons (Fsp3) is 0.0909. The standard InChI is InChI=1S/C11H9F2N3S/c1-6-15-10(14)5-11(16-6)17-9-4-7(12)2-3-8(9)13/h2-5H,1H3,(H2,14,15,16). The Balaban J connectivity index is 2.34. The molecule has 0 atom stereocenters. The third kappa shape index (κ3) is 2.91. The van der Waals surface area contributed by atoms with E-state index in [-0.39, 0.29) is 4.90 Å². The Morgan fingerprint density at radius 2 is 1.94 bits per heavy atom. The van der Waals surface area contributed by atoms with Gasteiger partial charge in [0.25, 0.3) is 0 Å². The van der Waals surface area contributed by atoms with Crippen LogP contribution in [-0.2, 0) is 0 Å². The molecule has 0 saturated heterocycles. The zero-order valence-corrected chi connectivity index (χ0v) is 9.76. The quantitative estimate of drug-likeness (QED) is 0.836. The molecule has 2 N–H and O–H groups in total. The molecule has 1 aromatic carbocycles. The van der Waals surface area contributed by atoms with Crippen LogP contribution in [0.1, 0.15) is 5.82 Å². The third-order valence-corrected chi connectivity index (χ3v) is 2.89. The molecular weight excluding hydrogens is 244 g/mol. The molecule has 1 heterocycles. The van der Waals surface area contributed by atoms with Crippen LogP contribution in [0, 0.1) is 18.6 Å². The summed E-state index contributed by atoms with van der Waals surface area (Å²) < 4.78 is 26.4. The average Bonchev–Trinajstić information content (AvgIpc) is 2.22. The van der Waals surface area contributed by atoms with Crippen molar-refractivity contribution in [1.29, 1.82) is 0 Å². The summed E-state index contributed by atoms with van der Waals surface area (Å²) in [6, 6.07) is 4.78. The van der Waals surface area contributed by atoms with Gasteiger partial charge in [0.1, 0.15) is 28.3 Å². The fourth-order valence-corrected chi connectivity index (χ4v) is 2.20.